The first-order valence-corrected chi connectivity index (χ1v) is 3.79. The van der Waals surface area contributed by atoms with Crippen LogP contribution >= 0.6 is 0 Å². The number of nitrogens with one attached hydrogen (secondary N) is 1. The largest absolute Gasteiger partial charge is 0.396 e. The van der Waals surface area contributed by atoms with Crippen molar-refractivity contribution in [3.63, 3.8) is 0 Å². The van der Waals surface area contributed by atoms with E-state index in [4.69, 9.17) is 5.11 Å². The van der Waals surface area contributed by atoms with E-state index in [1.54, 1.807) is 0 Å². The number of aliphatic hydroxyl groups excluding tert-OH is 1. The Morgan fingerprint density at radius 2 is 1.80 bits per heavy atom. The second-order valence-electron chi connectivity index (χ2n) is 2.22. The number of halogens is 1. The van der Waals surface area contributed by atoms with E-state index in [0.717, 1.165) is 25.9 Å². The fourth-order valence-electron chi connectivity index (χ4n) is 0.679. The van der Waals surface area contributed by atoms with E-state index in [1.807, 2.05) is 0 Å². The van der Waals surface area contributed by atoms with Crippen LogP contribution in [0.3, 0.4) is 0 Å². The van der Waals surface area contributed by atoms with Crippen molar-refractivity contribution in [2.24, 2.45) is 0 Å². The average Bonchev–Trinajstić information content (AvgIpc) is 1.97. The number of aliphatic hydroxyl groups is 1. The molecular weight excluding hydrogens is 133 g/mol. The molecule has 2 N–H and O–H groups in total. The Kier molecular flexibility index (Phi) is 8.72. The Morgan fingerprint density at radius 3 is 2.40 bits per heavy atom. The van der Waals surface area contributed by atoms with Crippen LogP contribution in [0.5, 0.6) is 0 Å². The molecule has 0 fully saturated rings. The molecule has 0 aliphatic heterocycles. The SMILES string of the molecule is OCCCCNCCCF. The number of hydrogen-bond acceptors (Lipinski definition) is 2. The lowest BCUT2D eigenvalue weighted by atomic mass is 10.3. The Hall–Kier alpha value is -0.150. The standard InChI is InChI=1S/C7H16FNO/c8-4-3-6-9-5-1-2-7-10/h9-10H,1-7H2. The zero-order chi connectivity index (χ0) is 7.66. The molecular formula is C7H16FNO. The van der Waals surface area contributed by atoms with Gasteiger partial charge in [-0.05, 0) is 32.4 Å². The predicted octanol–water partition coefficient (Wildman–Crippen LogP) is 0.708. The number of alkyl halides is 1. The Bertz CT molecular complexity index is 53.6. The van der Waals surface area contributed by atoms with Crippen LogP contribution in [0, 0.1) is 0 Å². The van der Waals surface area contributed by atoms with Crippen LogP contribution in [0.15, 0.2) is 0 Å². The van der Waals surface area contributed by atoms with Crippen molar-refractivity contribution in [2.45, 2.75) is 19.3 Å². The van der Waals surface area contributed by atoms with Gasteiger partial charge in [0.25, 0.3) is 0 Å². The van der Waals surface area contributed by atoms with Crippen molar-refractivity contribution in [1.29, 1.82) is 0 Å². The minimum absolute atomic E-state index is 0.243. The third kappa shape index (κ3) is 7.85. The van der Waals surface area contributed by atoms with Crippen molar-refractivity contribution in [3.05, 3.63) is 0 Å². The summed E-state index contributed by atoms with van der Waals surface area (Å²) in [7, 11) is 0. The normalized spacial score (nSPS) is 10.2. The van der Waals surface area contributed by atoms with Gasteiger partial charge in [0.15, 0.2) is 0 Å². The second kappa shape index (κ2) is 8.85. The molecule has 0 saturated carbocycles. The molecule has 3 heteroatoms. The molecule has 0 saturated heterocycles. The minimum atomic E-state index is -0.243. The van der Waals surface area contributed by atoms with E-state index >= 15 is 0 Å². The zero-order valence-electron chi connectivity index (χ0n) is 6.27. The fourth-order valence-corrected chi connectivity index (χ4v) is 0.679. The topological polar surface area (TPSA) is 32.3 Å². The van der Waals surface area contributed by atoms with Gasteiger partial charge >= 0.3 is 0 Å². The number of rotatable bonds is 7. The van der Waals surface area contributed by atoms with Gasteiger partial charge in [-0.2, -0.15) is 0 Å². The molecule has 0 unspecified atom stereocenters. The second-order valence-corrected chi connectivity index (χ2v) is 2.22. The summed E-state index contributed by atoms with van der Waals surface area (Å²) in [5, 5.41) is 11.5. The highest BCUT2D eigenvalue weighted by Gasteiger charge is 1.86. The molecule has 0 aromatic carbocycles. The zero-order valence-corrected chi connectivity index (χ0v) is 6.27. The smallest absolute Gasteiger partial charge is 0.0906 e. The highest BCUT2D eigenvalue weighted by molar-refractivity contribution is 4.47. The molecule has 0 heterocycles. The fraction of sp³-hybridized carbons (Fsp3) is 1.00. The van der Waals surface area contributed by atoms with Crippen molar-refractivity contribution < 1.29 is 9.50 Å². The molecule has 0 amide bonds. The molecule has 0 aromatic rings. The molecule has 2 nitrogen and oxygen atoms in total. The molecule has 0 spiro atoms. The van der Waals surface area contributed by atoms with Gasteiger partial charge in [0.1, 0.15) is 0 Å². The van der Waals surface area contributed by atoms with Gasteiger partial charge in [-0.1, -0.05) is 0 Å². The van der Waals surface area contributed by atoms with Gasteiger partial charge in [0.05, 0.1) is 6.67 Å². The van der Waals surface area contributed by atoms with E-state index < -0.39 is 0 Å². The average molecular weight is 149 g/mol. The first kappa shape index (κ1) is 9.85. The summed E-state index contributed by atoms with van der Waals surface area (Å²) in [4.78, 5) is 0. The first-order chi connectivity index (χ1) is 4.91. The van der Waals surface area contributed by atoms with Gasteiger partial charge in [0, 0.05) is 6.61 Å². The van der Waals surface area contributed by atoms with Crippen molar-refractivity contribution in [3.8, 4) is 0 Å². The van der Waals surface area contributed by atoms with Gasteiger partial charge in [-0.3, -0.25) is 4.39 Å². The highest BCUT2D eigenvalue weighted by atomic mass is 19.1. The van der Waals surface area contributed by atoms with Gasteiger partial charge in [0.2, 0.25) is 0 Å². The monoisotopic (exact) mass is 149 g/mol. The maximum absolute atomic E-state index is 11.5. The maximum Gasteiger partial charge on any atom is 0.0906 e. The summed E-state index contributed by atoms with van der Waals surface area (Å²) in [6.45, 7) is 1.65. The first-order valence-electron chi connectivity index (χ1n) is 3.79. The van der Waals surface area contributed by atoms with Crippen molar-refractivity contribution in [2.75, 3.05) is 26.4 Å². The lowest BCUT2D eigenvalue weighted by molar-refractivity contribution is 0.283. The molecule has 0 atom stereocenters. The molecule has 0 aromatic heterocycles. The predicted molar refractivity (Wildman–Crippen MR) is 39.8 cm³/mol. The van der Waals surface area contributed by atoms with Crippen molar-refractivity contribution >= 4 is 0 Å². The molecule has 0 radical (unpaired) electrons. The lowest BCUT2D eigenvalue weighted by Gasteiger charge is -2.00. The maximum atomic E-state index is 11.5. The van der Waals surface area contributed by atoms with E-state index in [-0.39, 0.29) is 13.3 Å². The van der Waals surface area contributed by atoms with Gasteiger partial charge in [-0.25, -0.2) is 0 Å². The number of unbranched alkanes of at least 4 members (excludes halogenated alkanes) is 1. The van der Waals surface area contributed by atoms with Crippen LogP contribution in [0.4, 0.5) is 4.39 Å². The van der Waals surface area contributed by atoms with E-state index in [1.165, 1.54) is 0 Å². The molecule has 0 rings (SSSR count). The van der Waals surface area contributed by atoms with Crippen LogP contribution in [0.1, 0.15) is 19.3 Å². The third-order valence-corrected chi connectivity index (χ3v) is 1.25. The molecule has 10 heavy (non-hydrogen) atoms. The molecule has 0 bridgehead atoms. The molecule has 0 aliphatic carbocycles. The Balaban J connectivity index is 2.65. The highest BCUT2D eigenvalue weighted by Crippen LogP contribution is 1.84. The Labute approximate surface area is 61.4 Å². The van der Waals surface area contributed by atoms with Gasteiger partial charge < -0.3 is 10.4 Å². The summed E-state index contributed by atoms with van der Waals surface area (Å²) in [5.41, 5.74) is 0. The number of hydrogen-bond donors (Lipinski definition) is 2. The summed E-state index contributed by atoms with van der Waals surface area (Å²) >= 11 is 0. The van der Waals surface area contributed by atoms with E-state index in [9.17, 15) is 4.39 Å². The van der Waals surface area contributed by atoms with Crippen molar-refractivity contribution in [1.82, 2.24) is 5.32 Å². The lowest BCUT2D eigenvalue weighted by Crippen LogP contribution is -2.17. The quantitative estimate of drug-likeness (QED) is 0.522. The molecule has 0 aliphatic rings. The molecule has 62 valence electrons. The van der Waals surface area contributed by atoms with E-state index in [0.29, 0.717) is 6.42 Å². The summed E-state index contributed by atoms with van der Waals surface area (Å²) in [5.74, 6) is 0. The van der Waals surface area contributed by atoms with Crippen LogP contribution in [-0.4, -0.2) is 31.5 Å². The Morgan fingerprint density at radius 1 is 1.10 bits per heavy atom. The van der Waals surface area contributed by atoms with Crippen LogP contribution in [0.25, 0.3) is 0 Å². The van der Waals surface area contributed by atoms with Crippen LogP contribution in [-0.2, 0) is 0 Å². The summed E-state index contributed by atoms with van der Waals surface area (Å²) in [6, 6.07) is 0. The van der Waals surface area contributed by atoms with Crippen LogP contribution < -0.4 is 5.32 Å². The van der Waals surface area contributed by atoms with E-state index in [2.05, 4.69) is 5.32 Å². The summed E-state index contributed by atoms with van der Waals surface area (Å²) < 4.78 is 11.5. The third-order valence-electron chi connectivity index (χ3n) is 1.25. The van der Waals surface area contributed by atoms with Gasteiger partial charge in [-0.15, -0.1) is 0 Å². The minimum Gasteiger partial charge on any atom is -0.396 e. The van der Waals surface area contributed by atoms with Crippen LogP contribution in [0.2, 0.25) is 0 Å². The summed E-state index contributed by atoms with van der Waals surface area (Å²) in [6.07, 6.45) is 2.41.